The van der Waals surface area contributed by atoms with Crippen molar-refractivity contribution in [2.45, 2.75) is 12.3 Å². The highest BCUT2D eigenvalue weighted by Crippen LogP contribution is 2.31. The van der Waals surface area contributed by atoms with Crippen LogP contribution in [0, 0.1) is 0 Å². The largest absolute Gasteiger partial charge is 0.253 e. The summed E-state index contributed by atoms with van der Waals surface area (Å²) < 4.78 is 0. The van der Waals surface area contributed by atoms with Crippen LogP contribution >= 0.6 is 22.9 Å². The smallest absolute Gasteiger partial charge is 0.166 e. The molecular weight excluding hydrogens is 266 g/mol. The molecule has 2 heterocycles. The zero-order valence-corrected chi connectivity index (χ0v) is 11.2. The third-order valence-corrected chi connectivity index (χ3v) is 4.11. The summed E-state index contributed by atoms with van der Waals surface area (Å²) in [6.07, 6.45) is 1.79. The molecule has 0 fully saturated rings. The second-order valence-corrected chi connectivity index (χ2v) is 5.61. The second-order valence-electron chi connectivity index (χ2n) is 3.94. The van der Waals surface area contributed by atoms with Crippen LogP contribution < -0.4 is 0 Å². The molecule has 0 radical (unpaired) electrons. The van der Waals surface area contributed by atoms with Gasteiger partial charge in [-0.3, -0.25) is 4.98 Å². The lowest BCUT2D eigenvalue weighted by Crippen LogP contribution is -1.85. The van der Waals surface area contributed by atoms with E-state index in [9.17, 15) is 0 Å². The topological polar surface area (TPSA) is 38.7 Å². The molecular formula is C13H10ClN3S. The Morgan fingerprint density at radius 1 is 1.17 bits per heavy atom. The van der Waals surface area contributed by atoms with Gasteiger partial charge in [-0.15, -0.1) is 21.8 Å². The van der Waals surface area contributed by atoms with Crippen molar-refractivity contribution in [1.82, 2.24) is 15.2 Å². The molecule has 0 saturated heterocycles. The zero-order chi connectivity index (χ0) is 12.5. The van der Waals surface area contributed by atoms with Gasteiger partial charge in [0.1, 0.15) is 10.7 Å². The molecule has 1 atom stereocenters. The van der Waals surface area contributed by atoms with Crippen LogP contribution in [0.1, 0.15) is 17.3 Å². The van der Waals surface area contributed by atoms with Gasteiger partial charge in [0, 0.05) is 11.6 Å². The van der Waals surface area contributed by atoms with Crippen molar-refractivity contribution in [3.63, 3.8) is 0 Å². The fraction of sp³-hybridized carbons (Fsp3) is 0.154. The molecule has 90 valence electrons. The van der Waals surface area contributed by atoms with Crippen molar-refractivity contribution < 1.29 is 0 Å². The number of pyridine rings is 1. The highest BCUT2D eigenvalue weighted by Gasteiger charge is 2.13. The van der Waals surface area contributed by atoms with Gasteiger partial charge in [-0.1, -0.05) is 35.6 Å². The zero-order valence-electron chi connectivity index (χ0n) is 9.67. The number of benzene rings is 1. The number of rotatable bonds is 2. The van der Waals surface area contributed by atoms with E-state index in [-0.39, 0.29) is 5.38 Å². The second kappa shape index (κ2) is 4.63. The number of halogens is 1. The van der Waals surface area contributed by atoms with Crippen molar-refractivity contribution in [2.24, 2.45) is 0 Å². The number of fused-ring (bicyclic) bond motifs is 1. The van der Waals surface area contributed by atoms with E-state index in [1.54, 1.807) is 6.20 Å². The van der Waals surface area contributed by atoms with Crippen molar-refractivity contribution >= 4 is 33.7 Å². The summed E-state index contributed by atoms with van der Waals surface area (Å²) in [7, 11) is 0. The van der Waals surface area contributed by atoms with Gasteiger partial charge in [-0.05, 0) is 18.4 Å². The van der Waals surface area contributed by atoms with E-state index in [0.717, 1.165) is 26.5 Å². The molecule has 0 spiro atoms. The summed E-state index contributed by atoms with van der Waals surface area (Å²) >= 11 is 7.50. The molecule has 3 aromatic rings. The predicted molar refractivity (Wildman–Crippen MR) is 74.9 cm³/mol. The minimum Gasteiger partial charge on any atom is -0.253 e. The Morgan fingerprint density at radius 3 is 2.78 bits per heavy atom. The van der Waals surface area contributed by atoms with Crippen molar-refractivity contribution in [1.29, 1.82) is 0 Å². The lowest BCUT2D eigenvalue weighted by atomic mass is 10.1. The predicted octanol–water partition coefficient (Wildman–Crippen LogP) is 4.05. The summed E-state index contributed by atoms with van der Waals surface area (Å²) in [4.78, 5) is 4.41. The third-order valence-electron chi connectivity index (χ3n) is 2.66. The number of aromatic nitrogens is 3. The Hall–Kier alpha value is -1.52. The molecule has 0 aliphatic heterocycles. The normalized spacial score (nSPS) is 12.8. The van der Waals surface area contributed by atoms with E-state index in [1.165, 1.54) is 11.3 Å². The van der Waals surface area contributed by atoms with Gasteiger partial charge >= 0.3 is 0 Å². The van der Waals surface area contributed by atoms with Gasteiger partial charge in [-0.25, -0.2) is 0 Å². The highest BCUT2D eigenvalue weighted by molar-refractivity contribution is 7.15. The van der Waals surface area contributed by atoms with Crippen LogP contribution in [-0.2, 0) is 0 Å². The molecule has 1 aromatic carbocycles. The quantitative estimate of drug-likeness (QED) is 0.662. The molecule has 5 heteroatoms. The first-order valence-electron chi connectivity index (χ1n) is 5.57. The lowest BCUT2D eigenvalue weighted by molar-refractivity contribution is 0.961. The number of hydrogen-bond donors (Lipinski definition) is 0. The number of alkyl halides is 1. The van der Waals surface area contributed by atoms with Gasteiger partial charge in [0.2, 0.25) is 0 Å². The first kappa shape index (κ1) is 11.6. The summed E-state index contributed by atoms with van der Waals surface area (Å²) in [6.45, 7) is 1.89. The average Bonchev–Trinajstić information content (AvgIpc) is 2.87. The van der Waals surface area contributed by atoms with E-state index < -0.39 is 0 Å². The molecule has 18 heavy (non-hydrogen) atoms. The minimum absolute atomic E-state index is 0.119. The molecule has 2 aromatic heterocycles. The van der Waals surface area contributed by atoms with E-state index in [1.807, 2.05) is 31.2 Å². The first-order valence-corrected chi connectivity index (χ1v) is 6.82. The van der Waals surface area contributed by atoms with Gasteiger partial charge in [-0.2, -0.15) is 0 Å². The maximum absolute atomic E-state index is 6.01. The molecule has 0 aliphatic rings. The lowest BCUT2D eigenvalue weighted by Gasteiger charge is -2.01. The van der Waals surface area contributed by atoms with E-state index in [4.69, 9.17) is 11.6 Å². The van der Waals surface area contributed by atoms with Crippen LogP contribution in [0.2, 0.25) is 0 Å². The fourth-order valence-corrected chi connectivity index (χ4v) is 2.74. The Balaban J connectivity index is 2.18. The van der Waals surface area contributed by atoms with Crippen molar-refractivity contribution in [3.8, 4) is 10.7 Å². The molecule has 3 nitrogen and oxygen atoms in total. The van der Waals surface area contributed by atoms with Crippen LogP contribution in [0.4, 0.5) is 0 Å². The fourth-order valence-electron chi connectivity index (χ4n) is 1.78. The van der Waals surface area contributed by atoms with Gasteiger partial charge in [0.05, 0.1) is 5.38 Å². The Morgan fingerprint density at radius 2 is 2.00 bits per heavy atom. The molecule has 0 bridgehead atoms. The van der Waals surface area contributed by atoms with Gasteiger partial charge < -0.3 is 0 Å². The Kier molecular flexibility index (Phi) is 2.97. The van der Waals surface area contributed by atoms with Crippen LogP contribution in [0.15, 0.2) is 36.5 Å². The van der Waals surface area contributed by atoms with Crippen LogP contribution in [-0.4, -0.2) is 15.2 Å². The summed E-state index contributed by atoms with van der Waals surface area (Å²) in [5, 5.41) is 12.0. The molecule has 3 rings (SSSR count). The molecule has 1 unspecified atom stereocenters. The molecule has 0 saturated carbocycles. The first-order chi connectivity index (χ1) is 8.75. The maximum atomic E-state index is 6.01. The third kappa shape index (κ3) is 1.98. The van der Waals surface area contributed by atoms with E-state index in [0.29, 0.717) is 0 Å². The van der Waals surface area contributed by atoms with Crippen LogP contribution in [0.3, 0.4) is 0 Å². The standard InChI is InChI=1S/C13H10ClN3S/c1-8(14)12-16-17-13(18-12)11-10-5-3-2-4-9(10)6-7-15-11/h2-8H,1H3. The molecule has 0 amide bonds. The van der Waals surface area contributed by atoms with Crippen molar-refractivity contribution in [3.05, 3.63) is 41.5 Å². The number of nitrogens with zero attached hydrogens (tertiary/aromatic N) is 3. The Bertz CT molecular complexity index is 688. The summed E-state index contributed by atoms with van der Waals surface area (Å²) in [5.41, 5.74) is 0.870. The minimum atomic E-state index is -0.119. The average molecular weight is 276 g/mol. The highest BCUT2D eigenvalue weighted by atomic mass is 35.5. The van der Waals surface area contributed by atoms with E-state index >= 15 is 0 Å². The monoisotopic (exact) mass is 275 g/mol. The van der Waals surface area contributed by atoms with Crippen LogP contribution in [0.5, 0.6) is 0 Å². The summed E-state index contributed by atoms with van der Waals surface area (Å²) in [6, 6.07) is 10.1. The Labute approximate surface area is 113 Å². The van der Waals surface area contributed by atoms with Crippen molar-refractivity contribution in [2.75, 3.05) is 0 Å². The van der Waals surface area contributed by atoms with E-state index in [2.05, 4.69) is 21.2 Å². The maximum Gasteiger partial charge on any atom is 0.166 e. The molecule has 0 aliphatic carbocycles. The van der Waals surface area contributed by atoms with Gasteiger partial charge in [0.25, 0.3) is 0 Å². The summed E-state index contributed by atoms with van der Waals surface area (Å²) in [5.74, 6) is 0. The SMILES string of the molecule is CC(Cl)c1nnc(-c2nccc3ccccc23)s1. The van der Waals surface area contributed by atoms with Gasteiger partial charge in [0.15, 0.2) is 5.01 Å². The van der Waals surface area contributed by atoms with Crippen LogP contribution in [0.25, 0.3) is 21.5 Å². The molecule has 0 N–H and O–H groups in total. The number of hydrogen-bond acceptors (Lipinski definition) is 4.